The molecule has 46 heavy (non-hydrogen) atoms. The Morgan fingerprint density at radius 2 is 2.00 bits per heavy atom. The standard InChI is InChI=1S/C33H29ClF3N7O2/c1-15(35)32(45)44-11-10-43(13-17(44)8-9-38)31-19-12-39-28(18-5-3-4-16-6-7-20(36)26(34)22(16)18)27(37)29(19)40-33(41-31)46-14-21-23-24-25(23)30(24)42(21)2/h3-7,12,17,21,23-25,30,32,45H,1,8,10-11,13-14H2,2H3/t17-,21+,23-,24?,25-,30?,32?/m0/s1. The predicted octanol–water partition coefficient (Wildman–Crippen LogP) is 4.92. The summed E-state index contributed by atoms with van der Waals surface area (Å²) in [6.45, 7) is 4.22. The van der Waals surface area contributed by atoms with E-state index in [9.17, 15) is 19.1 Å². The normalized spacial score (nSPS) is 27.5. The van der Waals surface area contributed by atoms with E-state index in [4.69, 9.17) is 21.3 Å². The Morgan fingerprint density at radius 1 is 1.20 bits per heavy atom. The lowest BCUT2D eigenvalue weighted by Gasteiger charge is -2.43. The minimum Gasteiger partial charge on any atom is -0.462 e. The van der Waals surface area contributed by atoms with Gasteiger partial charge in [0, 0.05) is 54.9 Å². The molecule has 9 rings (SSSR count). The van der Waals surface area contributed by atoms with Crippen LogP contribution in [0.2, 0.25) is 5.02 Å². The highest BCUT2D eigenvalue weighted by atomic mass is 35.5. The minimum absolute atomic E-state index is 0.00127. The summed E-state index contributed by atoms with van der Waals surface area (Å²) in [4.78, 5) is 19.4. The zero-order valence-corrected chi connectivity index (χ0v) is 25.5. The first-order valence-corrected chi connectivity index (χ1v) is 15.6. The van der Waals surface area contributed by atoms with Crippen molar-refractivity contribution in [3.63, 3.8) is 0 Å². The molecule has 5 fully saturated rings. The number of ether oxygens (including phenoxy) is 1. The van der Waals surface area contributed by atoms with Crippen molar-refractivity contribution in [2.45, 2.75) is 30.8 Å². The number of benzene rings is 2. The summed E-state index contributed by atoms with van der Waals surface area (Å²) in [5, 5.41) is 21.0. The molecular formula is C33H29ClF3N7O2. The molecule has 236 valence electrons. The number of aliphatic hydroxyl groups is 1. The summed E-state index contributed by atoms with van der Waals surface area (Å²) in [5.41, 5.74) is 0.209. The molecule has 9 nitrogen and oxygen atoms in total. The van der Waals surface area contributed by atoms with E-state index < -0.39 is 29.7 Å². The van der Waals surface area contributed by atoms with Crippen molar-refractivity contribution in [1.29, 1.82) is 5.26 Å². The van der Waals surface area contributed by atoms with Crippen molar-refractivity contribution in [3.05, 3.63) is 65.6 Å². The number of likely N-dealkylation sites (N-methyl/N-ethyl adjacent to an activating group) is 1. The molecule has 4 aromatic rings. The Bertz CT molecular complexity index is 1960. The molecule has 3 saturated heterocycles. The van der Waals surface area contributed by atoms with Crippen LogP contribution in [0.15, 0.2) is 48.9 Å². The van der Waals surface area contributed by atoms with Crippen molar-refractivity contribution in [2.24, 2.45) is 17.8 Å². The molecule has 5 heterocycles. The molecule has 0 radical (unpaired) electrons. The molecule has 1 N–H and O–H groups in total. The third-order valence-electron chi connectivity index (χ3n) is 10.2. The van der Waals surface area contributed by atoms with Crippen molar-refractivity contribution in [2.75, 3.05) is 38.2 Å². The summed E-state index contributed by atoms with van der Waals surface area (Å²) in [7, 11) is 2.09. The van der Waals surface area contributed by atoms with E-state index in [1.807, 2.05) is 4.90 Å². The first-order valence-electron chi connectivity index (χ1n) is 15.2. The first kappa shape index (κ1) is 29.4. The topological polar surface area (TPSA) is 102 Å². The Balaban J connectivity index is 1.22. The second-order valence-corrected chi connectivity index (χ2v) is 12.9. The molecular weight excluding hydrogens is 619 g/mol. The number of hydrogen-bond donors (Lipinski definition) is 1. The third kappa shape index (κ3) is 4.44. The van der Waals surface area contributed by atoms with Crippen molar-refractivity contribution >= 4 is 39.1 Å². The molecule has 2 saturated carbocycles. The van der Waals surface area contributed by atoms with E-state index in [1.165, 1.54) is 17.2 Å². The highest BCUT2D eigenvalue weighted by molar-refractivity contribution is 6.36. The van der Waals surface area contributed by atoms with Gasteiger partial charge in [-0.1, -0.05) is 42.4 Å². The minimum atomic E-state index is -1.56. The van der Waals surface area contributed by atoms with Gasteiger partial charge in [0.25, 0.3) is 0 Å². The molecule has 2 bridgehead atoms. The number of aromatic nitrogens is 3. The molecule has 3 aliphatic heterocycles. The summed E-state index contributed by atoms with van der Waals surface area (Å²) in [6, 6.07) is 10.3. The molecule has 0 spiro atoms. The third-order valence-corrected chi connectivity index (χ3v) is 10.6. The number of aliphatic hydroxyl groups excluding tert-OH is 1. The maximum absolute atomic E-state index is 16.7. The molecule has 13 heteroatoms. The van der Waals surface area contributed by atoms with Crippen LogP contribution in [0, 0.1) is 40.7 Å². The average molecular weight is 648 g/mol. The van der Waals surface area contributed by atoms with Gasteiger partial charge in [-0.25, -0.2) is 13.2 Å². The maximum atomic E-state index is 16.7. The highest BCUT2D eigenvalue weighted by Gasteiger charge is 2.83. The summed E-state index contributed by atoms with van der Waals surface area (Å²) < 4.78 is 51.3. The van der Waals surface area contributed by atoms with Crippen molar-refractivity contribution in [3.8, 4) is 23.3 Å². The van der Waals surface area contributed by atoms with Crippen LogP contribution in [0.25, 0.3) is 32.9 Å². The first-order chi connectivity index (χ1) is 22.2. The van der Waals surface area contributed by atoms with Gasteiger partial charge in [-0.05, 0) is 36.3 Å². The van der Waals surface area contributed by atoms with Crippen LogP contribution >= 0.6 is 11.6 Å². The fraction of sp³-hybridized carbons (Fsp3) is 0.394. The van der Waals surface area contributed by atoms with Crippen molar-refractivity contribution < 1.29 is 23.0 Å². The number of nitrogens with zero attached hydrogens (tertiary/aromatic N) is 7. The van der Waals surface area contributed by atoms with Crippen LogP contribution in [-0.2, 0) is 0 Å². The molecule has 5 aliphatic rings. The molecule has 2 aromatic heterocycles. The Morgan fingerprint density at radius 3 is 2.72 bits per heavy atom. The molecule has 2 aliphatic carbocycles. The number of halogens is 4. The van der Waals surface area contributed by atoms with Gasteiger partial charge in [0.1, 0.15) is 35.3 Å². The van der Waals surface area contributed by atoms with Crippen LogP contribution in [-0.4, -0.2) is 87.5 Å². The number of rotatable bonds is 8. The van der Waals surface area contributed by atoms with E-state index in [2.05, 4.69) is 34.6 Å². The quantitative estimate of drug-likeness (QED) is 0.286. The maximum Gasteiger partial charge on any atom is 0.319 e. The Kier molecular flexibility index (Phi) is 6.88. The molecule has 3 unspecified atom stereocenters. The SMILES string of the molecule is C=C(F)C(O)N1CCN(c2nc(OC[C@@H]3[C@H]4C5C([C@H]54)N3C)nc3c(F)c(-c4cccc5ccc(F)c(Cl)c45)ncc23)C[C@@H]1CC#N. The summed E-state index contributed by atoms with van der Waals surface area (Å²) in [6.07, 6.45) is -0.0927. The monoisotopic (exact) mass is 647 g/mol. The number of fused-ring (bicyclic) bond motifs is 3. The lowest BCUT2D eigenvalue weighted by atomic mass is 10.0. The molecule has 0 amide bonds. The van der Waals surface area contributed by atoms with Gasteiger partial charge in [0.05, 0.1) is 22.9 Å². The lowest BCUT2D eigenvalue weighted by Crippen LogP contribution is -2.57. The van der Waals surface area contributed by atoms with Gasteiger partial charge in [-0.2, -0.15) is 15.2 Å². The number of piperidine rings is 1. The largest absolute Gasteiger partial charge is 0.462 e. The van der Waals surface area contributed by atoms with Gasteiger partial charge in [-0.3, -0.25) is 14.8 Å². The number of piperazine rings is 1. The summed E-state index contributed by atoms with van der Waals surface area (Å²) >= 11 is 6.37. The second-order valence-electron chi connectivity index (χ2n) is 12.6. The van der Waals surface area contributed by atoms with Crippen LogP contribution in [0.1, 0.15) is 6.42 Å². The smallest absolute Gasteiger partial charge is 0.319 e. The molecule has 2 aromatic carbocycles. The van der Waals surface area contributed by atoms with Crippen LogP contribution in [0.4, 0.5) is 19.0 Å². The van der Waals surface area contributed by atoms with Gasteiger partial charge in [0.15, 0.2) is 12.0 Å². The van der Waals surface area contributed by atoms with Gasteiger partial charge in [0.2, 0.25) is 0 Å². The number of pyridine rings is 1. The predicted molar refractivity (Wildman–Crippen MR) is 166 cm³/mol. The Labute approximate surface area is 267 Å². The van der Waals surface area contributed by atoms with Crippen molar-refractivity contribution in [1.82, 2.24) is 24.8 Å². The fourth-order valence-electron chi connectivity index (χ4n) is 7.85. The fourth-order valence-corrected chi connectivity index (χ4v) is 8.12. The van der Waals surface area contributed by atoms with Gasteiger partial charge >= 0.3 is 6.01 Å². The zero-order valence-electron chi connectivity index (χ0n) is 24.7. The van der Waals surface area contributed by atoms with Crippen LogP contribution in [0.3, 0.4) is 0 Å². The highest BCUT2D eigenvalue weighted by Crippen LogP contribution is 2.77. The lowest BCUT2D eigenvalue weighted by molar-refractivity contribution is -0.0167. The number of hydrogen-bond acceptors (Lipinski definition) is 9. The van der Waals surface area contributed by atoms with Gasteiger partial charge < -0.3 is 14.7 Å². The second kappa shape index (κ2) is 10.8. The summed E-state index contributed by atoms with van der Waals surface area (Å²) in [5.74, 6) is 0.148. The number of nitriles is 1. The van der Waals surface area contributed by atoms with E-state index in [-0.39, 0.29) is 54.3 Å². The Hall–Kier alpha value is -4.02. The van der Waals surface area contributed by atoms with Gasteiger partial charge in [-0.15, -0.1) is 0 Å². The van der Waals surface area contributed by atoms with E-state index in [0.29, 0.717) is 46.1 Å². The zero-order chi connectivity index (χ0) is 32.0. The van der Waals surface area contributed by atoms with E-state index in [1.54, 1.807) is 24.3 Å². The van der Waals surface area contributed by atoms with Crippen LogP contribution in [0.5, 0.6) is 6.01 Å². The average Bonchev–Trinajstić information content (AvgIpc) is 3.92. The van der Waals surface area contributed by atoms with E-state index in [0.717, 1.165) is 11.8 Å². The molecule has 7 atom stereocenters. The van der Waals surface area contributed by atoms with Crippen LogP contribution < -0.4 is 9.64 Å². The number of anilines is 1. The van der Waals surface area contributed by atoms with E-state index >= 15 is 4.39 Å².